The molecule has 8 heteroatoms. The summed E-state index contributed by atoms with van der Waals surface area (Å²) in [5.41, 5.74) is 0.0134. The molecule has 0 radical (unpaired) electrons. The lowest BCUT2D eigenvalue weighted by molar-refractivity contribution is -0.137. The second-order valence-electron chi connectivity index (χ2n) is 5.80. The monoisotopic (exact) mass is 391 g/mol. The Bertz CT molecular complexity index is 925. The standard InChI is InChI=1S/C19H16F3N3OS/c1-25-11-10-23-18(25)27-16(13-6-3-2-4-7-13)17(26)24-15-9-5-8-14(12-15)19(20,21)22/h2-12,16H,1H3,(H,24,26). The predicted octanol–water partition coefficient (Wildman–Crippen LogP) is 4.91. The molecule has 3 aromatic rings. The second-order valence-corrected chi connectivity index (χ2v) is 6.87. The molecule has 0 saturated carbocycles. The number of amides is 1. The Morgan fingerprint density at radius 1 is 1.15 bits per heavy atom. The van der Waals surface area contributed by atoms with Gasteiger partial charge in [-0.15, -0.1) is 0 Å². The lowest BCUT2D eigenvalue weighted by Crippen LogP contribution is -2.20. The van der Waals surface area contributed by atoms with E-state index < -0.39 is 22.9 Å². The van der Waals surface area contributed by atoms with Crippen molar-refractivity contribution in [1.29, 1.82) is 0 Å². The fraction of sp³-hybridized carbons (Fsp3) is 0.158. The number of hydrogen-bond donors (Lipinski definition) is 1. The van der Waals surface area contributed by atoms with Gasteiger partial charge in [0.1, 0.15) is 5.25 Å². The average molecular weight is 391 g/mol. The van der Waals surface area contributed by atoms with Gasteiger partial charge < -0.3 is 9.88 Å². The zero-order valence-electron chi connectivity index (χ0n) is 14.3. The molecule has 1 amide bonds. The van der Waals surface area contributed by atoms with E-state index in [0.29, 0.717) is 5.16 Å². The first kappa shape index (κ1) is 19.0. The number of carbonyl (C=O) groups excluding carboxylic acids is 1. The van der Waals surface area contributed by atoms with Crippen LogP contribution in [0.4, 0.5) is 18.9 Å². The molecule has 1 N–H and O–H groups in total. The molecule has 2 aromatic carbocycles. The molecule has 1 heterocycles. The van der Waals surface area contributed by atoms with Crippen LogP contribution in [-0.2, 0) is 18.0 Å². The topological polar surface area (TPSA) is 46.9 Å². The largest absolute Gasteiger partial charge is 0.416 e. The minimum absolute atomic E-state index is 0.0937. The summed E-state index contributed by atoms with van der Waals surface area (Å²) in [4.78, 5) is 17.1. The van der Waals surface area contributed by atoms with E-state index in [4.69, 9.17) is 0 Å². The van der Waals surface area contributed by atoms with Gasteiger partial charge in [-0.25, -0.2) is 4.98 Å². The van der Waals surface area contributed by atoms with E-state index in [-0.39, 0.29) is 5.69 Å². The molecule has 27 heavy (non-hydrogen) atoms. The first-order chi connectivity index (χ1) is 12.8. The van der Waals surface area contributed by atoms with Gasteiger partial charge >= 0.3 is 6.18 Å². The number of hydrogen-bond acceptors (Lipinski definition) is 3. The number of aryl methyl sites for hydroxylation is 1. The van der Waals surface area contributed by atoms with Crippen molar-refractivity contribution in [3.8, 4) is 0 Å². The molecule has 0 spiro atoms. The van der Waals surface area contributed by atoms with Crippen LogP contribution in [0, 0.1) is 0 Å². The molecule has 1 aromatic heterocycles. The maximum atomic E-state index is 12.9. The molecular weight excluding hydrogens is 375 g/mol. The van der Waals surface area contributed by atoms with E-state index >= 15 is 0 Å². The van der Waals surface area contributed by atoms with Gasteiger partial charge in [-0.2, -0.15) is 13.2 Å². The summed E-state index contributed by atoms with van der Waals surface area (Å²) in [6.07, 6.45) is -1.09. The number of aromatic nitrogens is 2. The van der Waals surface area contributed by atoms with Crippen LogP contribution in [0.25, 0.3) is 0 Å². The Kier molecular flexibility index (Phi) is 5.55. The highest BCUT2D eigenvalue weighted by Gasteiger charge is 2.31. The van der Waals surface area contributed by atoms with Gasteiger partial charge in [0.05, 0.1) is 5.56 Å². The van der Waals surface area contributed by atoms with Gasteiger partial charge in [0, 0.05) is 25.1 Å². The van der Waals surface area contributed by atoms with Crippen LogP contribution in [-0.4, -0.2) is 15.5 Å². The Morgan fingerprint density at radius 2 is 1.89 bits per heavy atom. The number of alkyl halides is 3. The van der Waals surface area contributed by atoms with Crippen molar-refractivity contribution in [2.75, 3.05) is 5.32 Å². The van der Waals surface area contributed by atoms with Crippen molar-refractivity contribution in [3.05, 3.63) is 78.1 Å². The molecule has 0 aliphatic rings. The summed E-state index contributed by atoms with van der Waals surface area (Å²) in [5.74, 6) is -0.423. The molecule has 0 aliphatic heterocycles. The van der Waals surface area contributed by atoms with Crippen LogP contribution in [0.2, 0.25) is 0 Å². The van der Waals surface area contributed by atoms with Crippen molar-refractivity contribution in [1.82, 2.24) is 9.55 Å². The van der Waals surface area contributed by atoms with Crippen LogP contribution in [0.3, 0.4) is 0 Å². The summed E-state index contributed by atoms with van der Waals surface area (Å²) in [5, 5.41) is 2.55. The molecule has 4 nitrogen and oxygen atoms in total. The summed E-state index contributed by atoms with van der Waals surface area (Å²) in [7, 11) is 1.81. The highest BCUT2D eigenvalue weighted by molar-refractivity contribution is 8.00. The Morgan fingerprint density at radius 3 is 2.52 bits per heavy atom. The van der Waals surface area contributed by atoms with E-state index in [1.54, 1.807) is 41.2 Å². The maximum absolute atomic E-state index is 12.9. The maximum Gasteiger partial charge on any atom is 0.416 e. The number of halogens is 3. The van der Waals surface area contributed by atoms with E-state index in [2.05, 4.69) is 10.3 Å². The molecule has 3 rings (SSSR count). The third kappa shape index (κ3) is 4.71. The molecule has 140 valence electrons. The first-order valence-electron chi connectivity index (χ1n) is 8.01. The van der Waals surface area contributed by atoms with Gasteiger partial charge in [-0.05, 0) is 23.8 Å². The normalized spacial score (nSPS) is 12.6. The van der Waals surface area contributed by atoms with E-state index in [9.17, 15) is 18.0 Å². The Hall–Kier alpha value is -2.74. The van der Waals surface area contributed by atoms with Crippen LogP contribution in [0.1, 0.15) is 16.4 Å². The fourth-order valence-corrected chi connectivity index (χ4v) is 3.47. The fourth-order valence-electron chi connectivity index (χ4n) is 2.45. The van der Waals surface area contributed by atoms with Gasteiger partial charge in [0.25, 0.3) is 0 Å². The van der Waals surface area contributed by atoms with Crippen molar-refractivity contribution >= 4 is 23.4 Å². The number of carbonyl (C=O) groups is 1. The smallest absolute Gasteiger partial charge is 0.329 e. The summed E-state index contributed by atoms with van der Waals surface area (Å²) >= 11 is 1.23. The van der Waals surface area contributed by atoms with Crippen LogP contribution >= 0.6 is 11.8 Å². The molecule has 1 atom stereocenters. The van der Waals surface area contributed by atoms with Crippen LogP contribution in [0.5, 0.6) is 0 Å². The number of nitrogens with zero attached hydrogens (tertiary/aromatic N) is 2. The second kappa shape index (κ2) is 7.87. The zero-order chi connectivity index (χ0) is 19.4. The predicted molar refractivity (Wildman–Crippen MR) is 98.3 cm³/mol. The Labute approximate surface area is 158 Å². The highest BCUT2D eigenvalue weighted by atomic mass is 32.2. The van der Waals surface area contributed by atoms with E-state index in [1.165, 1.54) is 23.9 Å². The summed E-state index contributed by atoms with van der Waals surface area (Å²) < 4.78 is 40.5. The van der Waals surface area contributed by atoms with Gasteiger partial charge in [-0.3, -0.25) is 4.79 Å². The van der Waals surface area contributed by atoms with E-state index in [0.717, 1.165) is 17.7 Å². The number of rotatable bonds is 5. The number of thioether (sulfide) groups is 1. The molecule has 0 saturated heterocycles. The van der Waals surface area contributed by atoms with Crippen molar-refractivity contribution in [3.63, 3.8) is 0 Å². The SMILES string of the molecule is Cn1ccnc1SC(C(=O)Nc1cccc(C(F)(F)F)c1)c1ccccc1. The molecular formula is C19H16F3N3OS. The average Bonchev–Trinajstić information content (AvgIpc) is 3.04. The number of anilines is 1. The van der Waals surface area contributed by atoms with Gasteiger partial charge in [-0.1, -0.05) is 48.2 Å². The minimum atomic E-state index is -4.47. The number of nitrogens with one attached hydrogen (secondary N) is 1. The van der Waals surface area contributed by atoms with E-state index in [1.807, 2.05) is 13.1 Å². The number of benzene rings is 2. The lowest BCUT2D eigenvalue weighted by atomic mass is 10.1. The molecule has 0 bridgehead atoms. The van der Waals surface area contributed by atoms with Crippen molar-refractivity contribution < 1.29 is 18.0 Å². The van der Waals surface area contributed by atoms with Gasteiger partial charge in [0.2, 0.25) is 5.91 Å². The lowest BCUT2D eigenvalue weighted by Gasteiger charge is -2.17. The van der Waals surface area contributed by atoms with Crippen molar-refractivity contribution in [2.24, 2.45) is 7.05 Å². The molecule has 1 unspecified atom stereocenters. The summed E-state index contributed by atoms with van der Waals surface area (Å²) in [6, 6.07) is 13.6. The third-order valence-corrected chi connectivity index (χ3v) is 5.12. The number of imidazole rings is 1. The quantitative estimate of drug-likeness (QED) is 0.629. The zero-order valence-corrected chi connectivity index (χ0v) is 15.1. The highest BCUT2D eigenvalue weighted by Crippen LogP contribution is 2.36. The third-order valence-electron chi connectivity index (χ3n) is 3.80. The van der Waals surface area contributed by atoms with Crippen LogP contribution in [0.15, 0.2) is 72.1 Å². The first-order valence-corrected chi connectivity index (χ1v) is 8.89. The van der Waals surface area contributed by atoms with Gasteiger partial charge in [0.15, 0.2) is 5.16 Å². The minimum Gasteiger partial charge on any atom is -0.329 e. The molecule has 0 aliphatic carbocycles. The van der Waals surface area contributed by atoms with Crippen molar-refractivity contribution in [2.45, 2.75) is 16.6 Å². The Balaban J connectivity index is 1.86. The van der Waals surface area contributed by atoms with Crippen LogP contribution < -0.4 is 5.32 Å². The molecule has 0 fully saturated rings. The summed E-state index contributed by atoms with van der Waals surface area (Å²) in [6.45, 7) is 0.